The second-order valence-electron chi connectivity index (χ2n) is 6.65. The maximum atomic E-state index is 5.63. The molecule has 19 heavy (non-hydrogen) atoms. The molecule has 3 atom stereocenters. The van der Waals surface area contributed by atoms with Crippen LogP contribution in [0.3, 0.4) is 0 Å². The second-order valence-corrected chi connectivity index (χ2v) is 6.65. The molecule has 1 aromatic rings. The first-order chi connectivity index (χ1) is 9.24. The molecule has 1 aromatic carbocycles. The molecule has 0 saturated heterocycles. The molecular weight excluding hydrogens is 232 g/mol. The van der Waals surface area contributed by atoms with E-state index < -0.39 is 0 Å². The molecule has 2 saturated carbocycles. The van der Waals surface area contributed by atoms with E-state index in [1.165, 1.54) is 43.4 Å². The lowest BCUT2D eigenvalue weighted by molar-refractivity contribution is 0.214. The van der Waals surface area contributed by atoms with Crippen molar-refractivity contribution in [3.63, 3.8) is 0 Å². The number of rotatable bonds is 5. The van der Waals surface area contributed by atoms with Crippen molar-refractivity contribution in [1.29, 1.82) is 0 Å². The van der Waals surface area contributed by atoms with Gasteiger partial charge in [-0.25, -0.2) is 0 Å². The van der Waals surface area contributed by atoms with Crippen LogP contribution in [0.25, 0.3) is 0 Å². The summed E-state index contributed by atoms with van der Waals surface area (Å²) < 4.78 is 0. The molecular formula is C17H26N2. The molecule has 2 fully saturated rings. The molecule has 3 rings (SSSR count). The summed E-state index contributed by atoms with van der Waals surface area (Å²) in [7, 11) is 2.27. The molecule has 104 valence electrons. The van der Waals surface area contributed by atoms with Gasteiger partial charge >= 0.3 is 0 Å². The Hall–Kier alpha value is -0.860. The van der Waals surface area contributed by atoms with Crippen molar-refractivity contribution in [2.45, 2.75) is 38.8 Å². The summed E-state index contributed by atoms with van der Waals surface area (Å²) in [6.07, 6.45) is 6.00. The molecule has 2 N–H and O–H groups in total. The van der Waals surface area contributed by atoms with Crippen molar-refractivity contribution in [3.05, 3.63) is 35.4 Å². The van der Waals surface area contributed by atoms with Gasteiger partial charge in [0.15, 0.2) is 0 Å². The second kappa shape index (κ2) is 5.64. The first kappa shape index (κ1) is 13.1. The zero-order valence-corrected chi connectivity index (χ0v) is 12.0. The first-order valence-electron chi connectivity index (χ1n) is 7.71. The summed E-state index contributed by atoms with van der Waals surface area (Å²) in [5, 5.41) is 0. The Morgan fingerprint density at radius 1 is 1.11 bits per heavy atom. The topological polar surface area (TPSA) is 29.3 Å². The summed E-state index contributed by atoms with van der Waals surface area (Å²) in [4.78, 5) is 2.50. The molecule has 3 unspecified atom stereocenters. The highest BCUT2D eigenvalue weighted by Gasteiger charge is 2.39. The van der Waals surface area contributed by atoms with E-state index in [9.17, 15) is 0 Å². The first-order valence-corrected chi connectivity index (χ1v) is 7.71. The SMILES string of the molecule is CN(Cc1ccc(CN)cc1)CC1CC2CCC1C2. The van der Waals surface area contributed by atoms with Gasteiger partial charge in [0.05, 0.1) is 0 Å². The van der Waals surface area contributed by atoms with Crippen LogP contribution in [0.5, 0.6) is 0 Å². The molecule has 2 aliphatic rings. The largest absolute Gasteiger partial charge is 0.326 e. The summed E-state index contributed by atoms with van der Waals surface area (Å²) in [5.41, 5.74) is 8.26. The molecule has 2 heteroatoms. The van der Waals surface area contributed by atoms with Crippen LogP contribution in [0.2, 0.25) is 0 Å². The van der Waals surface area contributed by atoms with Gasteiger partial charge in [-0.2, -0.15) is 0 Å². The maximum absolute atomic E-state index is 5.63. The fourth-order valence-electron chi connectivity index (χ4n) is 4.16. The van der Waals surface area contributed by atoms with E-state index in [1.807, 2.05) is 0 Å². The fourth-order valence-corrected chi connectivity index (χ4v) is 4.16. The van der Waals surface area contributed by atoms with Crippen molar-refractivity contribution in [3.8, 4) is 0 Å². The third kappa shape index (κ3) is 3.01. The van der Waals surface area contributed by atoms with E-state index >= 15 is 0 Å². The van der Waals surface area contributed by atoms with Crippen molar-refractivity contribution in [2.24, 2.45) is 23.5 Å². The molecule has 0 heterocycles. The van der Waals surface area contributed by atoms with Crippen LogP contribution >= 0.6 is 0 Å². The van der Waals surface area contributed by atoms with Gasteiger partial charge < -0.3 is 10.6 Å². The standard InChI is InChI=1S/C17H26N2/c1-19(11-14-4-2-13(10-18)3-5-14)12-17-9-15-6-7-16(17)8-15/h2-5,15-17H,6-12,18H2,1H3. The Morgan fingerprint density at radius 3 is 2.42 bits per heavy atom. The zero-order chi connectivity index (χ0) is 13.2. The quantitative estimate of drug-likeness (QED) is 0.879. The summed E-state index contributed by atoms with van der Waals surface area (Å²) in [5.74, 6) is 3.06. The minimum atomic E-state index is 0.640. The predicted molar refractivity (Wildman–Crippen MR) is 79.6 cm³/mol. The number of benzene rings is 1. The number of fused-ring (bicyclic) bond motifs is 2. The van der Waals surface area contributed by atoms with E-state index in [0.717, 1.165) is 24.3 Å². The van der Waals surface area contributed by atoms with E-state index in [2.05, 4.69) is 36.2 Å². The lowest BCUT2D eigenvalue weighted by atomic mass is 9.88. The Bertz CT molecular complexity index is 412. The highest BCUT2D eigenvalue weighted by atomic mass is 15.1. The Balaban J connectivity index is 1.51. The molecule has 2 nitrogen and oxygen atoms in total. The molecule has 0 amide bonds. The highest BCUT2D eigenvalue weighted by molar-refractivity contribution is 5.22. The van der Waals surface area contributed by atoms with Crippen LogP contribution in [-0.4, -0.2) is 18.5 Å². The monoisotopic (exact) mass is 258 g/mol. The van der Waals surface area contributed by atoms with Crippen LogP contribution in [-0.2, 0) is 13.1 Å². The molecule has 0 spiro atoms. The van der Waals surface area contributed by atoms with E-state index in [-0.39, 0.29) is 0 Å². The van der Waals surface area contributed by atoms with Gasteiger partial charge in [0.1, 0.15) is 0 Å². The lowest BCUT2D eigenvalue weighted by Gasteiger charge is -2.27. The third-order valence-corrected chi connectivity index (χ3v) is 5.14. The van der Waals surface area contributed by atoms with Crippen molar-refractivity contribution in [2.75, 3.05) is 13.6 Å². The van der Waals surface area contributed by atoms with Crippen molar-refractivity contribution < 1.29 is 0 Å². The summed E-state index contributed by atoms with van der Waals surface area (Å²) in [6.45, 7) is 2.99. The smallest absolute Gasteiger partial charge is 0.0230 e. The lowest BCUT2D eigenvalue weighted by Crippen LogP contribution is -2.28. The van der Waals surface area contributed by atoms with Crippen molar-refractivity contribution in [1.82, 2.24) is 4.90 Å². The molecule has 0 aliphatic heterocycles. The molecule has 2 aliphatic carbocycles. The average Bonchev–Trinajstić information content (AvgIpc) is 3.02. The van der Waals surface area contributed by atoms with E-state index in [4.69, 9.17) is 5.73 Å². The van der Waals surface area contributed by atoms with E-state index in [0.29, 0.717) is 6.54 Å². The average molecular weight is 258 g/mol. The van der Waals surface area contributed by atoms with Gasteiger partial charge in [-0.15, -0.1) is 0 Å². The molecule has 0 aromatic heterocycles. The maximum Gasteiger partial charge on any atom is 0.0230 e. The van der Waals surface area contributed by atoms with Gasteiger partial charge in [0, 0.05) is 19.6 Å². The Labute approximate surface area is 117 Å². The Morgan fingerprint density at radius 2 is 1.84 bits per heavy atom. The van der Waals surface area contributed by atoms with Gasteiger partial charge in [-0.05, 0) is 55.2 Å². The van der Waals surface area contributed by atoms with Crippen LogP contribution in [0.4, 0.5) is 0 Å². The minimum Gasteiger partial charge on any atom is -0.326 e. The number of nitrogens with two attached hydrogens (primary N) is 1. The summed E-state index contributed by atoms with van der Waals surface area (Å²) in [6, 6.07) is 8.75. The number of hydrogen-bond acceptors (Lipinski definition) is 2. The highest BCUT2D eigenvalue weighted by Crippen LogP contribution is 2.48. The van der Waals surface area contributed by atoms with Gasteiger partial charge in [0.25, 0.3) is 0 Å². The predicted octanol–water partition coefficient (Wildman–Crippen LogP) is 3.01. The van der Waals surface area contributed by atoms with Gasteiger partial charge in [0.2, 0.25) is 0 Å². The molecule has 0 radical (unpaired) electrons. The van der Waals surface area contributed by atoms with Crippen molar-refractivity contribution >= 4 is 0 Å². The minimum absolute atomic E-state index is 0.640. The zero-order valence-electron chi connectivity index (χ0n) is 12.0. The Kier molecular flexibility index (Phi) is 3.90. The van der Waals surface area contributed by atoms with Crippen LogP contribution in [0.1, 0.15) is 36.8 Å². The number of hydrogen-bond donors (Lipinski definition) is 1. The van der Waals surface area contributed by atoms with Crippen LogP contribution in [0.15, 0.2) is 24.3 Å². The van der Waals surface area contributed by atoms with Gasteiger partial charge in [-0.1, -0.05) is 30.7 Å². The normalized spacial score (nSPS) is 29.3. The van der Waals surface area contributed by atoms with E-state index in [1.54, 1.807) is 0 Å². The van der Waals surface area contributed by atoms with Crippen LogP contribution in [0, 0.1) is 17.8 Å². The number of nitrogens with zero attached hydrogens (tertiary/aromatic N) is 1. The van der Waals surface area contributed by atoms with Crippen LogP contribution < -0.4 is 5.73 Å². The van der Waals surface area contributed by atoms with Gasteiger partial charge in [-0.3, -0.25) is 0 Å². The summed E-state index contributed by atoms with van der Waals surface area (Å²) >= 11 is 0. The molecule has 2 bridgehead atoms. The fraction of sp³-hybridized carbons (Fsp3) is 0.647. The third-order valence-electron chi connectivity index (χ3n) is 5.14.